The Hall–Kier alpha value is -1.78. The fraction of sp³-hybridized carbons (Fsp3) is 0.188. The van der Waals surface area contributed by atoms with Crippen LogP contribution in [0.15, 0.2) is 59.5 Å². The molecule has 0 heterocycles. The molecule has 4 heteroatoms. The number of nitrogens with one attached hydrogen (secondary N) is 1. The molecule has 0 unspecified atom stereocenters. The van der Waals surface area contributed by atoms with Crippen molar-refractivity contribution in [3.05, 3.63) is 65.7 Å². The Labute approximate surface area is 123 Å². The highest BCUT2D eigenvalue weighted by atomic mass is 32.2. The first-order chi connectivity index (χ1) is 9.74. The van der Waals surface area contributed by atoms with Crippen LogP contribution in [0.5, 0.6) is 0 Å². The van der Waals surface area contributed by atoms with Gasteiger partial charge in [0.25, 0.3) is 5.91 Å². The number of hydroxylamine groups is 1. The Bertz CT molecular complexity index is 540. The van der Waals surface area contributed by atoms with Crippen LogP contribution in [0.4, 0.5) is 0 Å². The molecule has 0 aliphatic carbocycles. The van der Waals surface area contributed by atoms with E-state index in [0.29, 0.717) is 12.4 Å². The zero-order valence-corrected chi connectivity index (χ0v) is 12.2. The van der Waals surface area contributed by atoms with Gasteiger partial charge in [0.2, 0.25) is 0 Å². The lowest BCUT2D eigenvalue weighted by Gasteiger charge is -2.06. The Balaban J connectivity index is 1.67. The van der Waals surface area contributed by atoms with E-state index in [1.807, 2.05) is 61.5 Å². The zero-order valence-electron chi connectivity index (χ0n) is 11.3. The average molecular weight is 287 g/mol. The standard InChI is InChI=1S/C16H17NO2S/c1-13-7-9-15(10-8-13)20-12-16(18)17-19-11-14-5-3-2-4-6-14/h2-10H,11-12H2,1H3,(H,17,18). The number of amides is 1. The third-order valence-corrected chi connectivity index (χ3v) is 3.67. The molecule has 1 amide bonds. The van der Waals surface area contributed by atoms with Gasteiger partial charge in [-0.1, -0.05) is 48.0 Å². The second-order valence-electron chi connectivity index (χ2n) is 4.40. The molecule has 0 atom stereocenters. The predicted molar refractivity (Wildman–Crippen MR) is 81.3 cm³/mol. The average Bonchev–Trinajstić information content (AvgIpc) is 2.48. The van der Waals surface area contributed by atoms with Crippen LogP contribution in [0.3, 0.4) is 0 Å². The molecule has 0 aliphatic heterocycles. The Morgan fingerprint density at radius 1 is 1.10 bits per heavy atom. The topological polar surface area (TPSA) is 38.3 Å². The van der Waals surface area contributed by atoms with Gasteiger partial charge in [-0.05, 0) is 24.6 Å². The van der Waals surface area contributed by atoms with E-state index in [0.717, 1.165) is 10.5 Å². The largest absolute Gasteiger partial charge is 0.272 e. The summed E-state index contributed by atoms with van der Waals surface area (Å²) < 4.78 is 0. The molecule has 2 aromatic rings. The molecule has 20 heavy (non-hydrogen) atoms. The summed E-state index contributed by atoms with van der Waals surface area (Å²) >= 11 is 1.49. The minimum absolute atomic E-state index is 0.133. The molecule has 0 radical (unpaired) electrons. The van der Waals surface area contributed by atoms with Crippen molar-refractivity contribution in [3.8, 4) is 0 Å². The molecule has 0 spiro atoms. The summed E-state index contributed by atoms with van der Waals surface area (Å²) in [4.78, 5) is 17.9. The van der Waals surface area contributed by atoms with Crippen LogP contribution in [-0.2, 0) is 16.2 Å². The molecule has 104 valence electrons. The lowest BCUT2D eigenvalue weighted by Crippen LogP contribution is -2.25. The maximum atomic E-state index is 11.6. The zero-order chi connectivity index (χ0) is 14.2. The molecule has 0 bridgehead atoms. The van der Waals surface area contributed by atoms with Crippen LogP contribution < -0.4 is 5.48 Å². The van der Waals surface area contributed by atoms with Crippen LogP contribution in [0, 0.1) is 6.92 Å². The van der Waals surface area contributed by atoms with E-state index in [-0.39, 0.29) is 5.91 Å². The first-order valence-corrected chi connectivity index (χ1v) is 7.36. The quantitative estimate of drug-likeness (QED) is 0.654. The van der Waals surface area contributed by atoms with E-state index in [1.54, 1.807) is 0 Å². The van der Waals surface area contributed by atoms with Crippen LogP contribution in [-0.4, -0.2) is 11.7 Å². The summed E-state index contributed by atoms with van der Waals surface area (Å²) in [5.74, 6) is 0.212. The van der Waals surface area contributed by atoms with E-state index in [1.165, 1.54) is 17.3 Å². The summed E-state index contributed by atoms with van der Waals surface area (Å²) in [6.45, 7) is 2.42. The van der Waals surface area contributed by atoms with Crippen LogP contribution in [0.2, 0.25) is 0 Å². The molecule has 2 rings (SSSR count). The lowest BCUT2D eigenvalue weighted by atomic mass is 10.2. The predicted octanol–water partition coefficient (Wildman–Crippen LogP) is 3.34. The summed E-state index contributed by atoms with van der Waals surface area (Å²) in [7, 11) is 0. The van der Waals surface area contributed by atoms with E-state index in [9.17, 15) is 4.79 Å². The van der Waals surface area contributed by atoms with Gasteiger partial charge in [0, 0.05) is 4.90 Å². The lowest BCUT2D eigenvalue weighted by molar-refractivity contribution is -0.131. The molecular formula is C16H17NO2S. The molecule has 0 saturated carbocycles. The van der Waals surface area contributed by atoms with Crippen molar-refractivity contribution in [2.45, 2.75) is 18.4 Å². The van der Waals surface area contributed by atoms with Gasteiger partial charge in [-0.3, -0.25) is 9.63 Å². The second kappa shape index (κ2) is 7.72. The van der Waals surface area contributed by atoms with Crippen molar-refractivity contribution < 1.29 is 9.63 Å². The van der Waals surface area contributed by atoms with E-state index in [4.69, 9.17) is 4.84 Å². The monoisotopic (exact) mass is 287 g/mol. The molecular weight excluding hydrogens is 270 g/mol. The normalized spacial score (nSPS) is 10.2. The SMILES string of the molecule is Cc1ccc(SCC(=O)NOCc2ccccc2)cc1. The Morgan fingerprint density at radius 3 is 2.50 bits per heavy atom. The maximum absolute atomic E-state index is 11.6. The fourth-order valence-electron chi connectivity index (χ4n) is 1.59. The highest BCUT2D eigenvalue weighted by Gasteiger charge is 2.03. The summed E-state index contributed by atoms with van der Waals surface area (Å²) in [6, 6.07) is 17.8. The molecule has 0 fully saturated rings. The van der Waals surface area contributed by atoms with E-state index < -0.39 is 0 Å². The van der Waals surface area contributed by atoms with Crippen molar-refractivity contribution in [1.82, 2.24) is 5.48 Å². The molecule has 0 saturated heterocycles. The number of rotatable bonds is 6. The summed E-state index contributed by atoms with van der Waals surface area (Å²) in [5.41, 5.74) is 4.69. The van der Waals surface area contributed by atoms with Gasteiger partial charge in [-0.15, -0.1) is 11.8 Å². The smallest absolute Gasteiger partial charge is 0.253 e. The van der Waals surface area contributed by atoms with E-state index in [2.05, 4.69) is 5.48 Å². The van der Waals surface area contributed by atoms with Gasteiger partial charge in [0.15, 0.2) is 0 Å². The number of carbonyl (C=O) groups is 1. The number of hydrogen-bond acceptors (Lipinski definition) is 3. The molecule has 1 N–H and O–H groups in total. The molecule has 2 aromatic carbocycles. The molecule has 0 aliphatic rings. The third-order valence-electron chi connectivity index (χ3n) is 2.66. The number of hydrogen-bond donors (Lipinski definition) is 1. The minimum atomic E-state index is -0.133. The fourth-order valence-corrected chi connectivity index (χ4v) is 2.27. The van der Waals surface area contributed by atoms with Gasteiger partial charge >= 0.3 is 0 Å². The third kappa shape index (κ3) is 5.07. The number of thioether (sulfide) groups is 1. The summed E-state index contributed by atoms with van der Waals surface area (Å²) in [6.07, 6.45) is 0. The van der Waals surface area contributed by atoms with Crippen LogP contribution >= 0.6 is 11.8 Å². The molecule has 0 aromatic heterocycles. The Morgan fingerprint density at radius 2 is 1.80 bits per heavy atom. The number of aryl methyl sites for hydroxylation is 1. The van der Waals surface area contributed by atoms with Crippen molar-refractivity contribution in [2.75, 3.05) is 5.75 Å². The Kier molecular flexibility index (Phi) is 5.65. The first kappa shape index (κ1) is 14.6. The van der Waals surface area contributed by atoms with Gasteiger partial charge in [-0.2, -0.15) is 0 Å². The second-order valence-corrected chi connectivity index (χ2v) is 5.45. The summed E-state index contributed by atoms with van der Waals surface area (Å²) in [5, 5.41) is 0. The van der Waals surface area contributed by atoms with Crippen molar-refractivity contribution in [1.29, 1.82) is 0 Å². The number of carbonyl (C=O) groups excluding carboxylic acids is 1. The van der Waals surface area contributed by atoms with Gasteiger partial charge in [0.05, 0.1) is 12.4 Å². The van der Waals surface area contributed by atoms with Crippen LogP contribution in [0.25, 0.3) is 0 Å². The van der Waals surface area contributed by atoms with E-state index >= 15 is 0 Å². The van der Waals surface area contributed by atoms with Crippen molar-refractivity contribution in [3.63, 3.8) is 0 Å². The van der Waals surface area contributed by atoms with Gasteiger partial charge < -0.3 is 0 Å². The number of benzene rings is 2. The maximum Gasteiger partial charge on any atom is 0.253 e. The molecule has 3 nitrogen and oxygen atoms in total. The highest BCUT2D eigenvalue weighted by Crippen LogP contribution is 2.17. The van der Waals surface area contributed by atoms with Crippen LogP contribution in [0.1, 0.15) is 11.1 Å². The van der Waals surface area contributed by atoms with Crippen molar-refractivity contribution in [2.24, 2.45) is 0 Å². The highest BCUT2D eigenvalue weighted by molar-refractivity contribution is 8.00. The van der Waals surface area contributed by atoms with Gasteiger partial charge in [0.1, 0.15) is 0 Å². The van der Waals surface area contributed by atoms with Crippen molar-refractivity contribution >= 4 is 17.7 Å². The minimum Gasteiger partial charge on any atom is -0.272 e. The van der Waals surface area contributed by atoms with Gasteiger partial charge in [-0.25, -0.2) is 5.48 Å². The first-order valence-electron chi connectivity index (χ1n) is 6.38.